The highest BCUT2D eigenvalue weighted by Crippen LogP contribution is 2.38. The lowest BCUT2D eigenvalue weighted by Gasteiger charge is -2.29. The van der Waals surface area contributed by atoms with Crippen molar-refractivity contribution in [1.29, 1.82) is 0 Å². The minimum Gasteiger partial charge on any atom is -0.449 e. The number of benzene rings is 2. The van der Waals surface area contributed by atoms with E-state index in [0.717, 1.165) is 12.0 Å². The molecule has 2 amide bonds. The first kappa shape index (κ1) is 19.3. The summed E-state index contributed by atoms with van der Waals surface area (Å²) in [6, 6.07) is 12.6. The van der Waals surface area contributed by atoms with Crippen LogP contribution in [0.2, 0.25) is 0 Å². The van der Waals surface area contributed by atoms with Crippen molar-refractivity contribution in [3.63, 3.8) is 0 Å². The fraction of sp³-hybridized carbons (Fsp3) is 0.300. The van der Waals surface area contributed by atoms with Crippen LogP contribution in [0.4, 0.5) is 16.2 Å². The number of unbranched alkanes of at least 4 members (excludes halogenated alkanes) is 1. The maximum Gasteiger partial charge on any atom is 0.411 e. The van der Waals surface area contributed by atoms with Gasteiger partial charge in [0, 0.05) is 23.4 Å². The van der Waals surface area contributed by atoms with Crippen LogP contribution in [0, 0.1) is 10.1 Å². The van der Waals surface area contributed by atoms with Crippen LogP contribution < -0.4 is 5.32 Å². The fourth-order valence-corrected chi connectivity index (χ4v) is 3.16. The van der Waals surface area contributed by atoms with E-state index in [0.29, 0.717) is 17.7 Å². The number of fused-ring (bicyclic) bond motifs is 1. The first-order valence-electron chi connectivity index (χ1n) is 9.07. The Hall–Kier alpha value is -3.42. The van der Waals surface area contributed by atoms with E-state index < -0.39 is 17.1 Å². The van der Waals surface area contributed by atoms with Gasteiger partial charge >= 0.3 is 6.09 Å². The Bertz CT molecular complexity index is 885. The second-order valence-corrected chi connectivity index (χ2v) is 6.49. The predicted molar refractivity (Wildman–Crippen MR) is 103 cm³/mol. The largest absolute Gasteiger partial charge is 0.449 e. The van der Waals surface area contributed by atoms with Gasteiger partial charge < -0.3 is 10.1 Å². The molecule has 0 aromatic heterocycles. The number of hydrogen-bond acceptors (Lipinski definition) is 5. The summed E-state index contributed by atoms with van der Waals surface area (Å²) in [5.74, 6) is -0.388. The summed E-state index contributed by atoms with van der Waals surface area (Å²) in [6.45, 7) is 2.01. The van der Waals surface area contributed by atoms with Crippen LogP contribution in [0.3, 0.4) is 0 Å². The maximum atomic E-state index is 12.8. The summed E-state index contributed by atoms with van der Waals surface area (Å²) in [6.07, 6.45) is 0.950. The number of amides is 2. The molecule has 28 heavy (non-hydrogen) atoms. The van der Waals surface area contributed by atoms with E-state index in [-0.39, 0.29) is 24.7 Å². The number of non-ortho nitro benzene ring substituents is 1. The zero-order valence-electron chi connectivity index (χ0n) is 15.5. The summed E-state index contributed by atoms with van der Waals surface area (Å²) < 4.78 is 5.34. The smallest absolute Gasteiger partial charge is 0.411 e. The Kier molecular flexibility index (Phi) is 5.88. The van der Waals surface area contributed by atoms with E-state index in [9.17, 15) is 19.7 Å². The monoisotopic (exact) mass is 383 g/mol. The van der Waals surface area contributed by atoms with Crippen LogP contribution in [0.5, 0.6) is 0 Å². The van der Waals surface area contributed by atoms with Gasteiger partial charge in [-0.25, -0.2) is 4.79 Å². The van der Waals surface area contributed by atoms with Crippen LogP contribution >= 0.6 is 0 Å². The second kappa shape index (κ2) is 8.51. The highest BCUT2D eigenvalue weighted by atomic mass is 16.6. The zero-order valence-corrected chi connectivity index (χ0v) is 15.5. The van der Waals surface area contributed by atoms with E-state index in [4.69, 9.17) is 4.74 Å². The van der Waals surface area contributed by atoms with Crippen molar-refractivity contribution >= 4 is 23.4 Å². The predicted octanol–water partition coefficient (Wildman–Crippen LogP) is 3.88. The van der Waals surface area contributed by atoms with E-state index in [2.05, 4.69) is 5.32 Å². The van der Waals surface area contributed by atoms with Crippen molar-refractivity contribution in [3.05, 3.63) is 69.8 Å². The number of nitro groups is 1. The molecule has 8 nitrogen and oxygen atoms in total. The maximum absolute atomic E-state index is 12.8. The Morgan fingerprint density at radius 1 is 1.29 bits per heavy atom. The average Bonchev–Trinajstić information content (AvgIpc) is 2.83. The van der Waals surface area contributed by atoms with Gasteiger partial charge in [-0.05, 0) is 18.1 Å². The third-order valence-electron chi connectivity index (χ3n) is 4.51. The lowest BCUT2D eigenvalue weighted by atomic mass is 9.95. The molecule has 1 aliphatic heterocycles. The van der Waals surface area contributed by atoms with Crippen LogP contribution in [0.15, 0.2) is 48.5 Å². The first-order valence-corrected chi connectivity index (χ1v) is 9.07. The zero-order chi connectivity index (χ0) is 20.1. The van der Waals surface area contributed by atoms with Gasteiger partial charge in [0.05, 0.1) is 17.6 Å². The number of anilines is 1. The van der Waals surface area contributed by atoms with Crippen molar-refractivity contribution in [1.82, 2.24) is 4.90 Å². The lowest BCUT2D eigenvalue weighted by Crippen LogP contribution is -2.39. The number of carbonyl (C=O) groups is 2. The summed E-state index contributed by atoms with van der Waals surface area (Å²) >= 11 is 0. The minimum absolute atomic E-state index is 0.116. The molecule has 146 valence electrons. The number of hydrogen-bond donors (Lipinski definition) is 1. The molecular weight excluding hydrogens is 362 g/mol. The van der Waals surface area contributed by atoms with Crippen LogP contribution in [-0.4, -0.2) is 35.0 Å². The van der Waals surface area contributed by atoms with Crippen molar-refractivity contribution in [2.24, 2.45) is 0 Å². The number of nitrogens with one attached hydrogen (secondary N) is 1. The lowest BCUT2D eigenvalue weighted by molar-refractivity contribution is -0.384. The Balaban J connectivity index is 2.10. The number of rotatable bonds is 5. The number of nitrogens with zero attached hydrogens (tertiary/aromatic N) is 2. The molecule has 8 heteroatoms. The molecule has 1 aliphatic rings. The molecule has 1 unspecified atom stereocenters. The van der Waals surface area contributed by atoms with E-state index in [1.54, 1.807) is 0 Å². The molecule has 0 saturated carbocycles. The third kappa shape index (κ3) is 4.11. The van der Waals surface area contributed by atoms with Gasteiger partial charge in [-0.15, -0.1) is 0 Å². The summed E-state index contributed by atoms with van der Waals surface area (Å²) in [7, 11) is 0. The molecule has 3 rings (SSSR count). The van der Waals surface area contributed by atoms with Crippen molar-refractivity contribution in [3.8, 4) is 0 Å². The molecule has 2 aromatic rings. The Morgan fingerprint density at radius 2 is 2.04 bits per heavy atom. The summed E-state index contributed by atoms with van der Waals surface area (Å²) in [4.78, 5) is 37.3. The molecular formula is C20H21N3O5. The quantitative estimate of drug-likeness (QED) is 0.480. The molecule has 0 radical (unpaired) electrons. The number of ether oxygens (including phenoxy) is 1. The molecule has 0 spiro atoms. The molecule has 1 N–H and O–H groups in total. The molecule has 1 atom stereocenters. The summed E-state index contributed by atoms with van der Waals surface area (Å²) in [5, 5.41) is 14.0. The normalized spacial score (nSPS) is 16.0. The van der Waals surface area contributed by atoms with Gasteiger partial charge in [-0.1, -0.05) is 43.7 Å². The SMILES string of the molecule is CCCCOC(=O)N1CC(=O)Nc2ccc([N+](=O)[O-])cc2C1c1ccccc1. The highest BCUT2D eigenvalue weighted by Gasteiger charge is 2.35. The van der Waals surface area contributed by atoms with Gasteiger partial charge in [0.15, 0.2) is 0 Å². The number of carbonyl (C=O) groups excluding carboxylic acids is 2. The topological polar surface area (TPSA) is 102 Å². The first-order chi connectivity index (χ1) is 13.5. The Labute approximate surface area is 162 Å². The number of nitro benzene ring substituents is 1. The van der Waals surface area contributed by atoms with Crippen LogP contribution in [0.1, 0.15) is 36.9 Å². The van der Waals surface area contributed by atoms with Gasteiger partial charge in [0.25, 0.3) is 5.69 Å². The average molecular weight is 383 g/mol. The van der Waals surface area contributed by atoms with Crippen LogP contribution in [0.25, 0.3) is 0 Å². The standard InChI is InChI=1S/C20H21N3O5/c1-2-3-11-28-20(25)22-13-18(24)21-17-10-9-15(23(26)27)12-16(17)19(22)14-7-5-4-6-8-14/h4-10,12,19H,2-3,11,13H2,1H3,(H,21,24). The molecule has 2 aromatic carbocycles. The Morgan fingerprint density at radius 3 is 2.71 bits per heavy atom. The van der Waals surface area contributed by atoms with E-state index in [1.807, 2.05) is 37.3 Å². The van der Waals surface area contributed by atoms with Gasteiger partial charge in [-0.2, -0.15) is 0 Å². The fourth-order valence-electron chi connectivity index (χ4n) is 3.16. The van der Waals surface area contributed by atoms with Gasteiger partial charge in [0.2, 0.25) is 5.91 Å². The molecule has 0 fully saturated rings. The third-order valence-corrected chi connectivity index (χ3v) is 4.51. The van der Waals surface area contributed by atoms with E-state index >= 15 is 0 Å². The molecule has 0 saturated heterocycles. The van der Waals surface area contributed by atoms with Crippen molar-refractivity contribution in [2.75, 3.05) is 18.5 Å². The van der Waals surface area contributed by atoms with E-state index in [1.165, 1.54) is 23.1 Å². The van der Waals surface area contributed by atoms with Crippen LogP contribution in [-0.2, 0) is 9.53 Å². The van der Waals surface area contributed by atoms with Crippen molar-refractivity contribution < 1.29 is 19.2 Å². The second-order valence-electron chi connectivity index (χ2n) is 6.49. The highest BCUT2D eigenvalue weighted by molar-refractivity contribution is 5.96. The molecule has 1 heterocycles. The van der Waals surface area contributed by atoms with Gasteiger partial charge in [-0.3, -0.25) is 19.8 Å². The summed E-state index contributed by atoms with van der Waals surface area (Å²) in [5.41, 5.74) is 1.52. The van der Waals surface area contributed by atoms with Crippen molar-refractivity contribution in [2.45, 2.75) is 25.8 Å². The van der Waals surface area contributed by atoms with Gasteiger partial charge in [0.1, 0.15) is 6.54 Å². The minimum atomic E-state index is -0.691. The molecule has 0 bridgehead atoms. The molecule has 0 aliphatic carbocycles.